The fourth-order valence-corrected chi connectivity index (χ4v) is 1.10. The Bertz CT molecular complexity index is 445. The van der Waals surface area contributed by atoms with Crippen molar-refractivity contribution < 1.29 is 49.0 Å². The minimum atomic E-state index is -6.51. The van der Waals surface area contributed by atoms with Gasteiger partial charge in [0.25, 0.3) is 6.17 Å². The number of carbonyl (C=O) groups is 1. The van der Waals surface area contributed by atoms with Crippen molar-refractivity contribution in [1.82, 2.24) is 0 Å². The zero-order chi connectivity index (χ0) is 18.1. The van der Waals surface area contributed by atoms with Gasteiger partial charge in [0, 0.05) is 12.0 Å². The molecule has 0 aromatic rings. The van der Waals surface area contributed by atoms with Crippen LogP contribution in [0.4, 0.5) is 39.5 Å². The van der Waals surface area contributed by atoms with Crippen molar-refractivity contribution in [1.29, 1.82) is 0 Å². The van der Waals surface area contributed by atoms with Gasteiger partial charge >= 0.3 is 29.8 Å². The Morgan fingerprint density at radius 1 is 1.09 bits per heavy atom. The van der Waals surface area contributed by atoms with E-state index in [1.165, 1.54) is 0 Å². The fraction of sp³-hybridized carbons (Fsp3) is 0.727. The molecule has 0 spiro atoms. The van der Waals surface area contributed by atoms with Crippen molar-refractivity contribution in [3.8, 4) is 0 Å². The molecule has 0 bridgehead atoms. The molecule has 0 radical (unpaired) electrons. The largest absolute Gasteiger partial charge is 0.438 e. The van der Waals surface area contributed by atoms with E-state index in [4.69, 9.17) is 0 Å². The van der Waals surface area contributed by atoms with Crippen molar-refractivity contribution in [3.63, 3.8) is 0 Å². The first-order valence-corrected chi connectivity index (χ1v) is 5.58. The molecule has 1 unspecified atom stereocenters. The highest BCUT2D eigenvalue weighted by Crippen LogP contribution is 2.52. The normalized spacial score (nSPS) is 15.4. The number of hydrogen-bond donors (Lipinski definition) is 0. The Morgan fingerprint density at radius 3 is 1.82 bits per heavy atom. The molecule has 0 heterocycles. The molecule has 0 aromatic heterocycles. The van der Waals surface area contributed by atoms with Gasteiger partial charge in [0.1, 0.15) is 0 Å². The molecule has 0 amide bonds. The standard InChI is InChI=1S/C11H11F9O2/c1-4-8(13,14)11(19,20)9(15,16)7(12)10(17,18)22-6(21)5(2)3/h7H,2,4H2,1,3H3. The molecule has 0 rings (SSSR count). The van der Waals surface area contributed by atoms with Crippen molar-refractivity contribution in [2.45, 2.75) is 50.3 Å². The van der Waals surface area contributed by atoms with Crippen molar-refractivity contribution in [3.05, 3.63) is 12.2 Å². The number of ether oxygens (including phenoxy) is 1. The van der Waals surface area contributed by atoms with Gasteiger partial charge in [-0.2, -0.15) is 35.1 Å². The van der Waals surface area contributed by atoms with Gasteiger partial charge in [-0.15, -0.1) is 0 Å². The molecule has 0 fully saturated rings. The number of alkyl halides is 9. The van der Waals surface area contributed by atoms with Gasteiger partial charge < -0.3 is 4.74 Å². The van der Waals surface area contributed by atoms with E-state index < -0.39 is 48.0 Å². The van der Waals surface area contributed by atoms with Gasteiger partial charge in [0.15, 0.2) is 0 Å². The summed E-state index contributed by atoms with van der Waals surface area (Å²) in [5.74, 6) is -20.5. The summed E-state index contributed by atoms with van der Waals surface area (Å²) in [5.41, 5.74) is -0.777. The van der Waals surface area contributed by atoms with E-state index in [9.17, 15) is 44.3 Å². The molecule has 2 nitrogen and oxygen atoms in total. The van der Waals surface area contributed by atoms with Crippen LogP contribution in [0.15, 0.2) is 12.2 Å². The molecule has 1 atom stereocenters. The summed E-state index contributed by atoms with van der Waals surface area (Å²) in [5, 5.41) is 0. The SMILES string of the molecule is C=C(C)C(=O)OC(F)(F)C(F)C(F)(F)C(F)(F)C(F)(F)CC. The molecule has 130 valence electrons. The summed E-state index contributed by atoms with van der Waals surface area (Å²) < 4.78 is 120. The lowest BCUT2D eigenvalue weighted by atomic mass is 9.98. The van der Waals surface area contributed by atoms with E-state index >= 15 is 0 Å². The third-order valence-corrected chi connectivity index (χ3v) is 2.51. The van der Waals surface area contributed by atoms with Crippen molar-refractivity contribution in [2.75, 3.05) is 0 Å². The third kappa shape index (κ3) is 3.49. The zero-order valence-corrected chi connectivity index (χ0v) is 11.2. The number of carbonyl (C=O) groups excluding carboxylic acids is 1. The van der Waals surface area contributed by atoms with E-state index in [2.05, 4.69) is 11.3 Å². The highest BCUT2D eigenvalue weighted by molar-refractivity contribution is 5.87. The van der Waals surface area contributed by atoms with Gasteiger partial charge in [-0.1, -0.05) is 13.5 Å². The molecule has 0 aliphatic rings. The minimum Gasteiger partial charge on any atom is -0.395 e. The number of halogens is 9. The molecular weight excluding hydrogens is 335 g/mol. The Morgan fingerprint density at radius 2 is 1.50 bits per heavy atom. The number of hydrogen-bond acceptors (Lipinski definition) is 2. The first-order chi connectivity index (χ1) is 9.54. The molecule has 0 N–H and O–H groups in total. The Kier molecular flexibility index (Phi) is 5.61. The minimum absolute atomic E-state index is 0.371. The first kappa shape index (κ1) is 20.6. The van der Waals surface area contributed by atoms with Gasteiger partial charge in [-0.25, -0.2) is 9.18 Å². The number of esters is 1. The van der Waals surface area contributed by atoms with Gasteiger partial charge in [0.2, 0.25) is 0 Å². The monoisotopic (exact) mass is 346 g/mol. The lowest BCUT2D eigenvalue weighted by Crippen LogP contribution is -2.62. The quantitative estimate of drug-likeness (QED) is 0.389. The summed E-state index contributed by atoms with van der Waals surface area (Å²) >= 11 is 0. The highest BCUT2D eigenvalue weighted by Gasteiger charge is 2.78. The molecule has 0 saturated heterocycles. The van der Waals surface area contributed by atoms with E-state index in [1.54, 1.807) is 0 Å². The van der Waals surface area contributed by atoms with Gasteiger partial charge in [-0.05, 0) is 6.92 Å². The van der Waals surface area contributed by atoms with Crippen LogP contribution in [0.25, 0.3) is 0 Å². The van der Waals surface area contributed by atoms with Crippen molar-refractivity contribution in [2.24, 2.45) is 0 Å². The topological polar surface area (TPSA) is 26.3 Å². The van der Waals surface area contributed by atoms with Crippen LogP contribution in [0.1, 0.15) is 20.3 Å². The Labute approximate surface area is 118 Å². The van der Waals surface area contributed by atoms with Gasteiger partial charge in [0.05, 0.1) is 0 Å². The maximum atomic E-state index is 13.1. The van der Waals surface area contributed by atoms with Gasteiger partial charge in [-0.3, -0.25) is 0 Å². The second-order valence-corrected chi connectivity index (χ2v) is 4.35. The maximum absolute atomic E-state index is 13.1. The third-order valence-electron chi connectivity index (χ3n) is 2.51. The summed E-state index contributed by atoms with van der Waals surface area (Å²) in [6.07, 6.45) is -12.8. The molecule has 22 heavy (non-hydrogen) atoms. The zero-order valence-electron chi connectivity index (χ0n) is 11.2. The summed E-state index contributed by atoms with van der Waals surface area (Å²) in [6, 6.07) is 0. The molecular formula is C11H11F9O2. The maximum Gasteiger partial charge on any atom is 0.438 e. The smallest absolute Gasteiger partial charge is 0.395 e. The van der Waals surface area contributed by atoms with E-state index in [1.807, 2.05) is 0 Å². The van der Waals surface area contributed by atoms with Crippen LogP contribution in [-0.2, 0) is 9.53 Å². The van der Waals surface area contributed by atoms with Crippen LogP contribution in [0.2, 0.25) is 0 Å². The fourth-order valence-electron chi connectivity index (χ4n) is 1.10. The summed E-state index contributed by atoms with van der Waals surface area (Å²) in [6.45, 7) is 3.93. The lowest BCUT2D eigenvalue weighted by molar-refractivity contribution is -0.368. The van der Waals surface area contributed by atoms with E-state index in [0.717, 1.165) is 6.92 Å². The predicted octanol–water partition coefficient (Wildman–Crippen LogP) is 4.35. The highest BCUT2D eigenvalue weighted by atomic mass is 19.4. The molecule has 0 aliphatic carbocycles. The van der Waals surface area contributed by atoms with Crippen LogP contribution in [0.5, 0.6) is 0 Å². The van der Waals surface area contributed by atoms with E-state index in [-0.39, 0.29) is 0 Å². The van der Waals surface area contributed by atoms with Crippen LogP contribution in [0.3, 0.4) is 0 Å². The average molecular weight is 346 g/mol. The summed E-state index contributed by atoms with van der Waals surface area (Å²) in [7, 11) is 0. The van der Waals surface area contributed by atoms with Crippen LogP contribution in [-0.4, -0.2) is 36.0 Å². The Hall–Kier alpha value is -1.42. The predicted molar refractivity (Wildman–Crippen MR) is 55.9 cm³/mol. The van der Waals surface area contributed by atoms with Crippen LogP contribution >= 0.6 is 0 Å². The lowest BCUT2D eigenvalue weighted by Gasteiger charge is -2.35. The molecule has 0 saturated carbocycles. The second kappa shape index (κ2) is 5.99. The molecule has 0 aromatic carbocycles. The van der Waals surface area contributed by atoms with E-state index in [0.29, 0.717) is 6.92 Å². The number of rotatable bonds is 7. The summed E-state index contributed by atoms with van der Waals surface area (Å²) in [4.78, 5) is 10.7. The molecule has 0 aliphatic heterocycles. The second-order valence-electron chi connectivity index (χ2n) is 4.35. The average Bonchev–Trinajstić information content (AvgIpc) is 2.36. The first-order valence-electron chi connectivity index (χ1n) is 5.58. The van der Waals surface area contributed by atoms with Crippen LogP contribution < -0.4 is 0 Å². The molecule has 11 heteroatoms. The van der Waals surface area contributed by atoms with Crippen LogP contribution in [0, 0.1) is 0 Å². The van der Waals surface area contributed by atoms with Crippen molar-refractivity contribution >= 4 is 5.97 Å². The Balaban J connectivity index is 5.61.